The fourth-order valence-corrected chi connectivity index (χ4v) is 5.29. The molecule has 0 unspecified atom stereocenters. The molecule has 0 bridgehead atoms. The van der Waals surface area contributed by atoms with E-state index in [9.17, 15) is 13.2 Å². The lowest BCUT2D eigenvalue weighted by molar-refractivity contribution is -0.120. The molecule has 1 heterocycles. The maximum absolute atomic E-state index is 12.7. The molecular formula is C23H37N3O4S. The summed E-state index contributed by atoms with van der Waals surface area (Å²) in [6, 6.07) is 7.88. The van der Waals surface area contributed by atoms with E-state index in [-0.39, 0.29) is 30.1 Å². The molecule has 31 heavy (non-hydrogen) atoms. The highest BCUT2D eigenvalue weighted by molar-refractivity contribution is 7.90. The highest BCUT2D eigenvalue weighted by atomic mass is 32.2. The summed E-state index contributed by atoms with van der Waals surface area (Å²) in [6.07, 6.45) is 3.13. The van der Waals surface area contributed by atoms with Gasteiger partial charge in [0.2, 0.25) is 15.9 Å². The smallest absolute Gasteiger partial charge is 0.227 e. The van der Waals surface area contributed by atoms with Gasteiger partial charge in [-0.1, -0.05) is 0 Å². The molecule has 1 aromatic carbocycles. The van der Waals surface area contributed by atoms with Gasteiger partial charge in [0.25, 0.3) is 0 Å². The van der Waals surface area contributed by atoms with Crippen molar-refractivity contribution in [2.24, 2.45) is 5.92 Å². The minimum Gasteiger partial charge on any atom is -0.372 e. The molecular weight excluding hydrogens is 414 g/mol. The number of hydrogen-bond acceptors (Lipinski definition) is 5. The Labute approximate surface area is 187 Å². The number of sulfonamides is 1. The van der Waals surface area contributed by atoms with E-state index in [2.05, 4.69) is 28.8 Å². The average molecular weight is 452 g/mol. The van der Waals surface area contributed by atoms with Crippen molar-refractivity contribution < 1.29 is 17.9 Å². The van der Waals surface area contributed by atoms with Gasteiger partial charge in [-0.15, -0.1) is 0 Å². The van der Waals surface area contributed by atoms with Gasteiger partial charge in [0.1, 0.15) is 0 Å². The van der Waals surface area contributed by atoms with Crippen molar-refractivity contribution >= 4 is 27.3 Å². The second-order valence-electron chi connectivity index (χ2n) is 9.98. The zero-order chi connectivity index (χ0) is 22.8. The van der Waals surface area contributed by atoms with Gasteiger partial charge >= 0.3 is 0 Å². The van der Waals surface area contributed by atoms with Crippen LogP contribution in [0.15, 0.2) is 24.3 Å². The summed E-state index contributed by atoms with van der Waals surface area (Å²) in [6.45, 7) is 11.0. The maximum Gasteiger partial charge on any atom is 0.227 e. The second kappa shape index (κ2) is 9.46. The first-order valence-electron chi connectivity index (χ1n) is 11.3. The number of hydrogen-bond donors (Lipinski definition) is 2. The molecule has 1 saturated carbocycles. The molecule has 3 rings (SSSR count). The van der Waals surface area contributed by atoms with E-state index >= 15 is 0 Å². The highest BCUT2D eigenvalue weighted by Gasteiger charge is 2.34. The minimum atomic E-state index is -3.37. The number of ether oxygens (including phenoxy) is 1. The number of carbonyl (C=O) groups is 1. The van der Waals surface area contributed by atoms with Crippen molar-refractivity contribution in [1.29, 1.82) is 0 Å². The Hall–Kier alpha value is -1.64. The summed E-state index contributed by atoms with van der Waals surface area (Å²) in [4.78, 5) is 15.0. The quantitative estimate of drug-likeness (QED) is 0.715. The third-order valence-corrected chi connectivity index (χ3v) is 8.40. The number of benzene rings is 1. The predicted octanol–water partition coefficient (Wildman–Crippen LogP) is 3.52. The van der Waals surface area contributed by atoms with Gasteiger partial charge in [-0.25, -0.2) is 13.1 Å². The van der Waals surface area contributed by atoms with Crippen LogP contribution in [-0.4, -0.2) is 50.4 Å². The molecule has 2 fully saturated rings. The lowest BCUT2D eigenvalue weighted by atomic mass is 9.86. The molecule has 1 aliphatic carbocycles. The number of nitrogens with zero attached hydrogens (tertiary/aromatic N) is 1. The monoisotopic (exact) mass is 451 g/mol. The molecule has 8 heteroatoms. The molecule has 2 aliphatic rings. The summed E-state index contributed by atoms with van der Waals surface area (Å²) in [5.74, 6) is -0.0745. The topological polar surface area (TPSA) is 87.7 Å². The predicted molar refractivity (Wildman–Crippen MR) is 125 cm³/mol. The molecule has 1 aliphatic heterocycles. The lowest BCUT2D eigenvalue weighted by Gasteiger charge is -2.37. The fraction of sp³-hybridized carbons (Fsp3) is 0.696. The van der Waals surface area contributed by atoms with E-state index in [0.29, 0.717) is 25.7 Å². The largest absolute Gasteiger partial charge is 0.372 e. The van der Waals surface area contributed by atoms with Crippen LogP contribution in [0.3, 0.4) is 0 Å². The number of morpholine rings is 1. The van der Waals surface area contributed by atoms with E-state index in [1.807, 2.05) is 24.3 Å². The number of carbonyl (C=O) groups excluding carboxylic acids is 1. The van der Waals surface area contributed by atoms with Gasteiger partial charge in [-0.05, 0) is 84.6 Å². The van der Waals surface area contributed by atoms with Crippen LogP contribution < -0.4 is 14.9 Å². The van der Waals surface area contributed by atoms with Crippen LogP contribution in [0.5, 0.6) is 0 Å². The summed E-state index contributed by atoms with van der Waals surface area (Å²) in [5.41, 5.74) is 1.92. The zero-order valence-corrected chi connectivity index (χ0v) is 20.2. The van der Waals surface area contributed by atoms with Crippen LogP contribution in [0.1, 0.15) is 60.3 Å². The summed E-state index contributed by atoms with van der Waals surface area (Å²) >= 11 is 0. The van der Waals surface area contributed by atoms with E-state index in [0.717, 1.165) is 24.5 Å². The van der Waals surface area contributed by atoms with Crippen LogP contribution in [0.4, 0.5) is 11.4 Å². The van der Waals surface area contributed by atoms with Gasteiger partial charge in [0.05, 0.1) is 17.0 Å². The van der Waals surface area contributed by atoms with Crippen molar-refractivity contribution in [2.45, 2.75) is 83.3 Å². The molecule has 1 aromatic rings. The van der Waals surface area contributed by atoms with Crippen LogP contribution in [-0.2, 0) is 19.6 Å². The van der Waals surface area contributed by atoms with Gasteiger partial charge in [-0.3, -0.25) is 4.79 Å². The third kappa shape index (κ3) is 6.20. The van der Waals surface area contributed by atoms with E-state index in [4.69, 9.17) is 4.74 Å². The molecule has 0 radical (unpaired) electrons. The van der Waals surface area contributed by atoms with E-state index in [1.54, 1.807) is 20.8 Å². The zero-order valence-electron chi connectivity index (χ0n) is 19.3. The standard InChI is InChI=1S/C23H37N3O4S/c1-16-14-26(15-17(2)30-16)21-12-10-19(11-13-21)24-22(27)18-6-8-20(9-7-18)25-31(28,29)23(3,4)5/h10-13,16-18,20,25H,6-9,14-15H2,1-5H3,(H,24,27)/t16-,17-,18-,20-/m1/s1. The Balaban J connectivity index is 1.50. The van der Waals surface area contributed by atoms with Crippen molar-refractivity contribution in [1.82, 2.24) is 4.72 Å². The van der Waals surface area contributed by atoms with E-state index < -0.39 is 14.8 Å². The fourth-order valence-electron chi connectivity index (χ4n) is 4.26. The molecule has 0 aromatic heterocycles. The molecule has 2 N–H and O–H groups in total. The second-order valence-corrected chi connectivity index (χ2v) is 12.4. The Bertz CT molecular complexity index is 846. The Morgan fingerprint density at radius 1 is 1.00 bits per heavy atom. The van der Waals surface area contributed by atoms with Crippen molar-refractivity contribution in [3.05, 3.63) is 24.3 Å². The Kier molecular flexibility index (Phi) is 7.33. The van der Waals surface area contributed by atoms with Gasteiger partial charge in [0, 0.05) is 36.4 Å². The van der Waals surface area contributed by atoms with Gasteiger partial charge < -0.3 is 15.0 Å². The lowest BCUT2D eigenvalue weighted by Crippen LogP contribution is -2.46. The van der Waals surface area contributed by atoms with Gasteiger partial charge in [0.15, 0.2) is 0 Å². The van der Waals surface area contributed by atoms with Crippen molar-refractivity contribution in [2.75, 3.05) is 23.3 Å². The van der Waals surface area contributed by atoms with Crippen LogP contribution in [0.25, 0.3) is 0 Å². The highest BCUT2D eigenvalue weighted by Crippen LogP contribution is 2.28. The number of rotatable bonds is 5. The molecule has 0 spiro atoms. The normalized spacial score (nSPS) is 27.7. The first-order valence-corrected chi connectivity index (χ1v) is 12.8. The molecule has 1 amide bonds. The molecule has 2 atom stereocenters. The average Bonchev–Trinajstić information content (AvgIpc) is 2.67. The number of nitrogens with one attached hydrogen (secondary N) is 2. The summed E-state index contributed by atoms with van der Waals surface area (Å²) < 4.78 is 32.5. The van der Waals surface area contributed by atoms with Crippen molar-refractivity contribution in [3.8, 4) is 0 Å². The third-order valence-electron chi connectivity index (χ3n) is 6.15. The SMILES string of the molecule is C[C@@H]1CN(c2ccc(NC(=O)[C@H]3CC[C@H](NS(=O)(=O)C(C)(C)C)CC3)cc2)C[C@@H](C)O1. The van der Waals surface area contributed by atoms with E-state index in [1.165, 1.54) is 0 Å². The molecule has 1 saturated heterocycles. The number of amides is 1. The summed E-state index contributed by atoms with van der Waals surface area (Å²) in [5, 5.41) is 3.03. The van der Waals surface area contributed by atoms with Gasteiger partial charge in [-0.2, -0.15) is 0 Å². The van der Waals surface area contributed by atoms with Crippen LogP contribution in [0.2, 0.25) is 0 Å². The molecule has 7 nitrogen and oxygen atoms in total. The Morgan fingerprint density at radius 2 is 1.55 bits per heavy atom. The summed E-state index contributed by atoms with van der Waals surface area (Å²) in [7, 11) is -3.37. The Morgan fingerprint density at radius 3 is 2.06 bits per heavy atom. The molecule has 174 valence electrons. The van der Waals surface area contributed by atoms with Crippen LogP contribution >= 0.6 is 0 Å². The number of anilines is 2. The van der Waals surface area contributed by atoms with Crippen molar-refractivity contribution in [3.63, 3.8) is 0 Å². The first kappa shape index (κ1) is 24.0. The first-order chi connectivity index (χ1) is 14.4. The maximum atomic E-state index is 12.7. The van der Waals surface area contributed by atoms with Crippen LogP contribution in [0, 0.1) is 5.92 Å². The minimum absolute atomic E-state index is 0.0125.